The zero-order valence-corrected chi connectivity index (χ0v) is 16.5. The summed E-state index contributed by atoms with van der Waals surface area (Å²) in [4.78, 5) is 8.41. The number of rotatable bonds is 8. The molecule has 0 aromatic rings. The van der Waals surface area contributed by atoms with Gasteiger partial charge in [-0.1, -0.05) is 0 Å². The Labute approximate surface area is 154 Å². The summed E-state index contributed by atoms with van der Waals surface area (Å²) in [5.74, 6) is 0. The molecular weight excluding hydrogens is 336 g/mol. The van der Waals surface area contributed by atoms with Gasteiger partial charge >= 0.3 is 17.1 Å². The van der Waals surface area contributed by atoms with E-state index in [1.165, 1.54) is 0 Å². The van der Waals surface area contributed by atoms with Gasteiger partial charge in [-0.3, -0.25) is 0 Å². The molecule has 5 heteroatoms. The second kappa shape index (κ2) is 18.7. The van der Waals surface area contributed by atoms with E-state index in [4.69, 9.17) is 0 Å². The Morgan fingerprint density at radius 2 is 1.09 bits per heavy atom. The normalized spacial score (nSPS) is 12.8. The second-order valence-electron chi connectivity index (χ2n) is 4.63. The molecule has 0 aromatic carbocycles. The minimum absolute atomic E-state index is 0. The molecule has 0 bridgehead atoms. The van der Waals surface area contributed by atoms with Crippen molar-refractivity contribution in [3.63, 3.8) is 0 Å². The molecule has 137 valence electrons. The van der Waals surface area contributed by atoms with Crippen molar-refractivity contribution in [1.29, 1.82) is 0 Å². The first-order valence-electron chi connectivity index (χ1n) is 7.98. The van der Waals surface area contributed by atoms with Gasteiger partial charge in [0.15, 0.2) is 0 Å². The first kappa shape index (κ1) is 26.6. The Morgan fingerprint density at radius 1 is 0.783 bits per heavy atom. The predicted octanol–water partition coefficient (Wildman–Crippen LogP) is 3.59. The van der Waals surface area contributed by atoms with Crippen LogP contribution >= 0.6 is 0 Å². The molecule has 2 N–H and O–H groups in total. The molecule has 23 heavy (non-hydrogen) atoms. The first-order valence-corrected chi connectivity index (χ1v) is 7.98. The summed E-state index contributed by atoms with van der Waals surface area (Å²) in [6.07, 6.45) is 3.90. The molecule has 0 rings (SSSR count). The average Bonchev–Trinajstić information content (AvgIpc) is 2.40. The monoisotopic (exact) mass is 369 g/mol. The van der Waals surface area contributed by atoms with Gasteiger partial charge in [-0.2, -0.15) is 12.2 Å². The fourth-order valence-corrected chi connectivity index (χ4v) is 1.65. The topological polar surface area (TPSA) is 48.8 Å². The van der Waals surface area contributed by atoms with Crippen molar-refractivity contribution in [2.45, 2.75) is 41.5 Å². The molecule has 0 spiro atoms. The van der Waals surface area contributed by atoms with Gasteiger partial charge in [0.25, 0.3) is 0 Å². The van der Waals surface area contributed by atoms with Crippen LogP contribution in [-0.4, -0.2) is 37.6 Å². The Kier molecular flexibility index (Phi) is 21.6. The molecule has 0 fully saturated rings. The van der Waals surface area contributed by atoms with Crippen LogP contribution in [0.5, 0.6) is 0 Å². The van der Waals surface area contributed by atoms with Crippen molar-refractivity contribution >= 4 is 11.4 Å². The van der Waals surface area contributed by atoms with Crippen LogP contribution < -0.4 is 10.6 Å². The van der Waals surface area contributed by atoms with Gasteiger partial charge in [0.05, 0.1) is 0 Å². The van der Waals surface area contributed by atoms with E-state index in [1.807, 2.05) is 53.7 Å². The molecule has 0 aromatic heterocycles. The second-order valence-corrected chi connectivity index (χ2v) is 4.63. The zero-order valence-electron chi connectivity index (χ0n) is 15.6. The average molecular weight is 370 g/mol. The summed E-state index contributed by atoms with van der Waals surface area (Å²) in [6.45, 7) is 23.2. The number of nitrogens with zero attached hydrogens (tertiary/aromatic N) is 2. The van der Waals surface area contributed by atoms with Crippen molar-refractivity contribution in [2.75, 3.05) is 26.2 Å². The minimum Gasteiger partial charge on any atom is -0.418 e. The Balaban J connectivity index is -0.000000333. The summed E-state index contributed by atoms with van der Waals surface area (Å²) >= 11 is 0. The molecule has 0 aliphatic heterocycles. The van der Waals surface area contributed by atoms with Crippen LogP contribution in [0.4, 0.5) is 0 Å². The number of nitrogens with one attached hydrogen (secondary N) is 2. The van der Waals surface area contributed by atoms with Crippen LogP contribution in [-0.2, 0) is 17.1 Å². The minimum atomic E-state index is 0. The Bertz CT molecular complexity index is 358. The summed E-state index contributed by atoms with van der Waals surface area (Å²) in [6, 6.07) is 0. The summed E-state index contributed by atoms with van der Waals surface area (Å²) in [5, 5.41) is 6.21. The first-order chi connectivity index (χ1) is 10.4. The van der Waals surface area contributed by atoms with Crippen molar-refractivity contribution in [3.05, 3.63) is 37.4 Å². The van der Waals surface area contributed by atoms with Crippen LogP contribution in [0.1, 0.15) is 41.5 Å². The van der Waals surface area contributed by atoms with E-state index >= 15 is 0 Å². The van der Waals surface area contributed by atoms with E-state index in [9.17, 15) is 0 Å². The SMILES string of the molecule is [CH2-]C(=CC(C)=NCC)NCC.[CH2-]C(=CC(C)=NCC)NCC.[Cu+2]. The van der Waals surface area contributed by atoms with Gasteiger partial charge in [0.2, 0.25) is 0 Å². The molecule has 1 radical (unpaired) electrons. The number of allylic oxidation sites excluding steroid dienone is 4. The van der Waals surface area contributed by atoms with Crippen LogP contribution in [0.3, 0.4) is 0 Å². The molecule has 0 aliphatic carbocycles. The maximum Gasteiger partial charge on any atom is 2.00 e. The van der Waals surface area contributed by atoms with Crippen molar-refractivity contribution in [3.8, 4) is 0 Å². The van der Waals surface area contributed by atoms with Gasteiger partial charge < -0.3 is 20.6 Å². The van der Waals surface area contributed by atoms with Crippen LogP contribution in [0.15, 0.2) is 33.5 Å². The van der Waals surface area contributed by atoms with Crippen LogP contribution in [0.2, 0.25) is 0 Å². The van der Waals surface area contributed by atoms with Crippen molar-refractivity contribution < 1.29 is 17.1 Å². The molecule has 0 aliphatic rings. The summed E-state index contributed by atoms with van der Waals surface area (Å²) < 4.78 is 0. The quantitative estimate of drug-likeness (QED) is 0.390. The van der Waals surface area contributed by atoms with E-state index in [2.05, 4.69) is 34.5 Å². The van der Waals surface area contributed by atoms with E-state index in [1.54, 1.807) is 0 Å². The van der Waals surface area contributed by atoms with E-state index in [0.717, 1.165) is 49.0 Å². The third-order valence-corrected chi connectivity index (χ3v) is 2.39. The van der Waals surface area contributed by atoms with Crippen molar-refractivity contribution in [2.24, 2.45) is 9.98 Å². The van der Waals surface area contributed by atoms with E-state index in [-0.39, 0.29) is 17.1 Å². The Morgan fingerprint density at radius 3 is 1.30 bits per heavy atom. The molecular formula is C18H34CuN4. The Hall–Kier alpha value is -1.32. The maximum atomic E-state index is 4.21. The maximum absolute atomic E-state index is 4.21. The summed E-state index contributed by atoms with van der Waals surface area (Å²) in [7, 11) is 0. The third-order valence-electron chi connectivity index (χ3n) is 2.39. The zero-order chi connectivity index (χ0) is 17.4. The van der Waals surface area contributed by atoms with Crippen LogP contribution in [0.25, 0.3) is 0 Å². The van der Waals surface area contributed by atoms with Gasteiger partial charge in [0, 0.05) is 26.2 Å². The van der Waals surface area contributed by atoms with Gasteiger partial charge in [-0.25, -0.2) is 13.8 Å². The summed E-state index contributed by atoms with van der Waals surface area (Å²) in [5.41, 5.74) is 3.92. The largest absolute Gasteiger partial charge is 2.00 e. The number of aliphatic imine (C=N–C) groups is 2. The number of hydrogen-bond donors (Lipinski definition) is 2. The molecule has 0 saturated carbocycles. The van der Waals surface area contributed by atoms with Gasteiger partial charge in [-0.15, -0.1) is 11.4 Å². The van der Waals surface area contributed by atoms with Crippen LogP contribution in [0, 0.1) is 13.8 Å². The third kappa shape index (κ3) is 20.7. The van der Waals surface area contributed by atoms with Gasteiger partial charge in [0.1, 0.15) is 0 Å². The fourth-order valence-electron chi connectivity index (χ4n) is 1.65. The molecule has 0 unspecified atom stereocenters. The molecule has 0 atom stereocenters. The fraction of sp³-hybridized carbons (Fsp3) is 0.556. The van der Waals surface area contributed by atoms with E-state index in [0.29, 0.717) is 0 Å². The van der Waals surface area contributed by atoms with Crippen molar-refractivity contribution in [1.82, 2.24) is 10.6 Å². The number of hydrogen-bond acceptors (Lipinski definition) is 4. The molecule has 0 heterocycles. The smallest absolute Gasteiger partial charge is 0.418 e. The molecule has 0 saturated heterocycles. The van der Waals surface area contributed by atoms with Gasteiger partial charge in [-0.05, 0) is 53.0 Å². The predicted molar refractivity (Wildman–Crippen MR) is 102 cm³/mol. The molecule has 4 nitrogen and oxygen atoms in total. The molecule has 0 amide bonds. The standard InChI is InChI=1S/2C9H17N2.Cu/c2*1-5-10-8(3)7-9(4)11-6-2;/h2*7,10H,3,5-6H2,1-2,4H3;/q2*-1;+2. The van der Waals surface area contributed by atoms with E-state index < -0.39 is 0 Å².